The number of hydrogen-bond acceptors (Lipinski definition) is 4. The first-order valence-electron chi connectivity index (χ1n) is 5.41. The van der Waals surface area contributed by atoms with Crippen LogP contribution in [0.4, 0.5) is 8.78 Å². The van der Waals surface area contributed by atoms with E-state index in [2.05, 4.69) is 0 Å². The molecule has 2 rings (SSSR count). The molecule has 2 aromatic carbocycles. The van der Waals surface area contributed by atoms with E-state index >= 15 is 0 Å². The van der Waals surface area contributed by atoms with E-state index < -0.39 is 34.7 Å². The zero-order valence-corrected chi connectivity index (χ0v) is 9.85. The average Bonchev–Trinajstić information content (AvgIpc) is 2.37. The van der Waals surface area contributed by atoms with Crippen LogP contribution in [0.1, 0.15) is 20.7 Å². The third kappa shape index (κ3) is 2.64. The highest BCUT2D eigenvalue weighted by molar-refractivity contribution is 5.89. The molecule has 2 aromatic rings. The van der Waals surface area contributed by atoms with Crippen molar-refractivity contribution in [2.75, 3.05) is 0 Å². The molecule has 0 amide bonds. The van der Waals surface area contributed by atoms with Crippen LogP contribution >= 0.6 is 0 Å². The van der Waals surface area contributed by atoms with Crippen molar-refractivity contribution < 1.29 is 28.6 Å². The Balaban J connectivity index is 2.54. The van der Waals surface area contributed by atoms with Crippen molar-refractivity contribution in [2.24, 2.45) is 0 Å². The van der Waals surface area contributed by atoms with Gasteiger partial charge in [0, 0.05) is 11.1 Å². The van der Waals surface area contributed by atoms with E-state index in [9.17, 15) is 28.6 Å². The standard InChI is InChI=1S/C14H8F2O4/c15-10-4-8(3-9(5-10)13(17)18)7-1-2-11(14(19)20)12(16)6-7/h1-6H,(H,17,18)(H,19,20)/p-2. The van der Waals surface area contributed by atoms with Gasteiger partial charge >= 0.3 is 0 Å². The van der Waals surface area contributed by atoms with E-state index in [0.717, 1.165) is 30.3 Å². The number of carboxylic acids is 2. The third-order valence-electron chi connectivity index (χ3n) is 2.66. The molecule has 0 unspecified atom stereocenters. The zero-order chi connectivity index (χ0) is 14.9. The summed E-state index contributed by atoms with van der Waals surface area (Å²) in [5.41, 5.74) is -0.808. The van der Waals surface area contributed by atoms with Crippen LogP contribution < -0.4 is 10.2 Å². The number of hydrogen-bond donors (Lipinski definition) is 0. The van der Waals surface area contributed by atoms with Crippen molar-refractivity contribution in [3.63, 3.8) is 0 Å². The molecule has 102 valence electrons. The van der Waals surface area contributed by atoms with Gasteiger partial charge < -0.3 is 19.8 Å². The monoisotopic (exact) mass is 276 g/mol. The molecule has 0 saturated carbocycles. The lowest BCUT2D eigenvalue weighted by Gasteiger charge is -2.09. The minimum absolute atomic E-state index is 0.0907. The van der Waals surface area contributed by atoms with E-state index in [1.54, 1.807) is 0 Å². The quantitative estimate of drug-likeness (QED) is 0.810. The van der Waals surface area contributed by atoms with Crippen LogP contribution in [0, 0.1) is 11.6 Å². The number of aromatic carboxylic acids is 2. The molecule has 0 N–H and O–H groups in total. The summed E-state index contributed by atoms with van der Waals surface area (Å²) in [6.07, 6.45) is 0. The largest absolute Gasteiger partial charge is 0.545 e. The van der Waals surface area contributed by atoms with Crippen LogP contribution in [0.15, 0.2) is 36.4 Å². The predicted octanol–water partition coefficient (Wildman–Crippen LogP) is 0.359. The zero-order valence-electron chi connectivity index (χ0n) is 9.85. The fourth-order valence-electron chi connectivity index (χ4n) is 1.73. The average molecular weight is 276 g/mol. The molecular weight excluding hydrogens is 270 g/mol. The van der Waals surface area contributed by atoms with Gasteiger partial charge in [-0.05, 0) is 41.5 Å². The Labute approximate surface area is 111 Å². The Bertz CT molecular complexity index is 710. The van der Waals surface area contributed by atoms with Gasteiger partial charge in [0.15, 0.2) is 0 Å². The van der Waals surface area contributed by atoms with E-state index in [-0.39, 0.29) is 11.1 Å². The van der Waals surface area contributed by atoms with E-state index in [4.69, 9.17) is 0 Å². The fourth-order valence-corrected chi connectivity index (χ4v) is 1.73. The van der Waals surface area contributed by atoms with Crippen molar-refractivity contribution in [1.82, 2.24) is 0 Å². The highest BCUT2D eigenvalue weighted by Crippen LogP contribution is 2.24. The van der Waals surface area contributed by atoms with Gasteiger partial charge in [-0.15, -0.1) is 0 Å². The number of benzene rings is 2. The lowest BCUT2D eigenvalue weighted by Crippen LogP contribution is -2.23. The SMILES string of the molecule is O=C([O-])c1cc(F)cc(-c2ccc(C(=O)[O-])c(F)c2)c1. The van der Waals surface area contributed by atoms with Gasteiger partial charge in [-0.1, -0.05) is 6.07 Å². The van der Waals surface area contributed by atoms with E-state index in [0.29, 0.717) is 0 Å². The topological polar surface area (TPSA) is 80.3 Å². The van der Waals surface area contributed by atoms with Gasteiger partial charge in [0.05, 0.1) is 11.9 Å². The Morgan fingerprint density at radius 2 is 1.55 bits per heavy atom. The van der Waals surface area contributed by atoms with Crippen LogP contribution in [0.2, 0.25) is 0 Å². The Morgan fingerprint density at radius 1 is 0.850 bits per heavy atom. The third-order valence-corrected chi connectivity index (χ3v) is 2.66. The highest BCUT2D eigenvalue weighted by Gasteiger charge is 2.08. The first kappa shape index (κ1) is 13.7. The predicted molar refractivity (Wildman–Crippen MR) is 60.5 cm³/mol. The van der Waals surface area contributed by atoms with Crippen molar-refractivity contribution >= 4 is 11.9 Å². The molecule has 0 fully saturated rings. The summed E-state index contributed by atoms with van der Waals surface area (Å²) in [6.45, 7) is 0. The lowest BCUT2D eigenvalue weighted by atomic mass is 10.0. The Morgan fingerprint density at radius 3 is 2.10 bits per heavy atom. The van der Waals surface area contributed by atoms with Crippen LogP contribution in [-0.2, 0) is 0 Å². The summed E-state index contributed by atoms with van der Waals surface area (Å²) in [5.74, 6) is -5.13. The second-order valence-electron chi connectivity index (χ2n) is 4.00. The minimum Gasteiger partial charge on any atom is -0.545 e. The summed E-state index contributed by atoms with van der Waals surface area (Å²) >= 11 is 0. The first-order valence-corrected chi connectivity index (χ1v) is 5.41. The van der Waals surface area contributed by atoms with Gasteiger partial charge in [0.25, 0.3) is 0 Å². The molecule has 0 bridgehead atoms. The van der Waals surface area contributed by atoms with Crippen molar-refractivity contribution in [1.29, 1.82) is 0 Å². The molecule has 0 atom stereocenters. The molecule has 0 heterocycles. The summed E-state index contributed by atoms with van der Waals surface area (Å²) in [5, 5.41) is 21.3. The molecule has 0 aliphatic rings. The fraction of sp³-hybridized carbons (Fsp3) is 0. The molecule has 0 radical (unpaired) electrons. The molecule has 4 nitrogen and oxygen atoms in total. The van der Waals surface area contributed by atoms with Gasteiger partial charge in [-0.3, -0.25) is 0 Å². The maximum absolute atomic E-state index is 13.5. The van der Waals surface area contributed by atoms with Crippen molar-refractivity contribution in [3.8, 4) is 11.1 Å². The minimum atomic E-state index is -1.68. The number of carboxylic acid groups (broad SMARTS) is 2. The van der Waals surface area contributed by atoms with Gasteiger partial charge in [-0.2, -0.15) is 0 Å². The molecular formula is C14H6F2O4-2. The van der Waals surface area contributed by atoms with Crippen LogP contribution in [0.25, 0.3) is 11.1 Å². The van der Waals surface area contributed by atoms with Crippen LogP contribution in [0.3, 0.4) is 0 Å². The molecule has 0 aliphatic heterocycles. The summed E-state index contributed by atoms with van der Waals surface area (Å²) in [4.78, 5) is 21.3. The Hall–Kier alpha value is -2.76. The second-order valence-corrected chi connectivity index (χ2v) is 4.00. The molecule has 6 heteroatoms. The smallest absolute Gasteiger partial charge is 0.132 e. The number of halogens is 2. The first-order chi connectivity index (χ1) is 9.38. The summed E-state index contributed by atoms with van der Waals surface area (Å²) in [7, 11) is 0. The number of carbonyl (C=O) groups is 2. The molecule has 20 heavy (non-hydrogen) atoms. The van der Waals surface area contributed by atoms with Gasteiger partial charge in [0.1, 0.15) is 11.6 Å². The molecule has 0 saturated heterocycles. The lowest BCUT2D eigenvalue weighted by molar-refractivity contribution is -0.256. The molecule has 0 aromatic heterocycles. The number of carbonyl (C=O) groups excluding carboxylic acids is 2. The summed E-state index contributed by atoms with van der Waals surface area (Å²) in [6, 6.07) is 5.92. The number of rotatable bonds is 3. The van der Waals surface area contributed by atoms with Crippen molar-refractivity contribution in [2.45, 2.75) is 0 Å². The van der Waals surface area contributed by atoms with E-state index in [1.807, 2.05) is 0 Å². The Kier molecular flexibility index (Phi) is 3.47. The highest BCUT2D eigenvalue weighted by atomic mass is 19.1. The van der Waals surface area contributed by atoms with E-state index in [1.165, 1.54) is 6.07 Å². The summed E-state index contributed by atoms with van der Waals surface area (Å²) < 4.78 is 26.8. The van der Waals surface area contributed by atoms with Gasteiger partial charge in [-0.25, -0.2) is 8.78 Å². The van der Waals surface area contributed by atoms with Crippen LogP contribution in [0.5, 0.6) is 0 Å². The van der Waals surface area contributed by atoms with Crippen LogP contribution in [-0.4, -0.2) is 11.9 Å². The molecule has 0 spiro atoms. The maximum atomic E-state index is 13.5. The molecule has 0 aliphatic carbocycles. The van der Waals surface area contributed by atoms with Crippen molar-refractivity contribution in [3.05, 3.63) is 59.2 Å². The maximum Gasteiger partial charge on any atom is 0.132 e. The van der Waals surface area contributed by atoms with Gasteiger partial charge in [0.2, 0.25) is 0 Å². The normalized spacial score (nSPS) is 10.3. The second kappa shape index (κ2) is 5.08.